The molecule has 2 fully saturated rings. The minimum Gasteiger partial charge on any atom is -0.393 e. The lowest BCUT2D eigenvalue weighted by Gasteiger charge is -2.36. The second kappa shape index (κ2) is 10.1. The number of carbonyl (C=O) groups is 1. The maximum atomic E-state index is 12.3. The number of likely N-dealkylation sites (tertiary alicyclic amines) is 1. The van der Waals surface area contributed by atoms with E-state index in [0.29, 0.717) is 6.54 Å². The molecule has 30 heavy (non-hydrogen) atoms. The Bertz CT molecular complexity index is 796. The van der Waals surface area contributed by atoms with E-state index in [0.717, 1.165) is 64.3 Å². The molecule has 6 heteroatoms. The minimum atomic E-state index is -0.211. The molecule has 0 aliphatic carbocycles. The molecule has 2 heterocycles. The number of amides is 1. The van der Waals surface area contributed by atoms with Crippen molar-refractivity contribution in [3.05, 3.63) is 60.2 Å². The third-order valence-electron chi connectivity index (χ3n) is 6.06. The monoisotopic (exact) mass is 408 g/mol. The molecule has 4 rings (SSSR count). The lowest BCUT2D eigenvalue weighted by Crippen LogP contribution is -2.45. The van der Waals surface area contributed by atoms with E-state index in [9.17, 15) is 9.90 Å². The summed E-state index contributed by atoms with van der Waals surface area (Å²) in [5.74, 6) is 0.00802. The Morgan fingerprint density at radius 3 is 2.20 bits per heavy atom. The first kappa shape index (κ1) is 20.8. The SMILES string of the molecule is O=C(CN1CCC(O)CC1)Nc1ccc(N2CCN(Cc3ccccc3)CC2)cc1. The fraction of sp³-hybridized carbons (Fsp3) is 0.458. The molecule has 2 aromatic carbocycles. The molecule has 0 unspecified atom stereocenters. The van der Waals surface area contributed by atoms with Gasteiger partial charge in [0.1, 0.15) is 0 Å². The van der Waals surface area contributed by atoms with Crippen LogP contribution in [0.1, 0.15) is 18.4 Å². The van der Waals surface area contributed by atoms with Crippen LogP contribution >= 0.6 is 0 Å². The molecule has 0 spiro atoms. The van der Waals surface area contributed by atoms with E-state index in [1.165, 1.54) is 11.3 Å². The van der Waals surface area contributed by atoms with Gasteiger partial charge in [-0.1, -0.05) is 30.3 Å². The quantitative estimate of drug-likeness (QED) is 0.769. The second-order valence-corrected chi connectivity index (χ2v) is 8.35. The fourth-order valence-corrected chi connectivity index (χ4v) is 4.24. The number of carbonyl (C=O) groups excluding carboxylic acids is 1. The van der Waals surface area contributed by atoms with Gasteiger partial charge < -0.3 is 15.3 Å². The fourth-order valence-electron chi connectivity index (χ4n) is 4.24. The number of benzene rings is 2. The Morgan fingerprint density at radius 1 is 0.867 bits per heavy atom. The molecular formula is C24H32N4O2. The van der Waals surface area contributed by atoms with E-state index in [-0.39, 0.29) is 12.0 Å². The van der Waals surface area contributed by atoms with Crippen LogP contribution in [0.25, 0.3) is 0 Å². The van der Waals surface area contributed by atoms with Gasteiger partial charge in [0.15, 0.2) is 0 Å². The van der Waals surface area contributed by atoms with E-state index in [1.807, 2.05) is 12.1 Å². The van der Waals surface area contributed by atoms with Crippen LogP contribution in [-0.2, 0) is 11.3 Å². The van der Waals surface area contributed by atoms with Crippen molar-refractivity contribution in [3.63, 3.8) is 0 Å². The Labute approximate surface area is 179 Å². The standard InChI is InChI=1S/C24H32N4O2/c29-23-10-12-26(13-11-23)19-24(30)25-21-6-8-22(9-7-21)28-16-14-27(15-17-28)18-20-4-2-1-3-5-20/h1-9,23,29H,10-19H2,(H,25,30). The number of aliphatic hydroxyl groups excluding tert-OH is 1. The summed E-state index contributed by atoms with van der Waals surface area (Å²) in [7, 11) is 0. The van der Waals surface area contributed by atoms with E-state index in [1.54, 1.807) is 0 Å². The maximum absolute atomic E-state index is 12.3. The molecule has 0 saturated carbocycles. The highest BCUT2D eigenvalue weighted by Crippen LogP contribution is 2.20. The van der Waals surface area contributed by atoms with Gasteiger partial charge >= 0.3 is 0 Å². The summed E-state index contributed by atoms with van der Waals surface area (Å²) in [6, 6.07) is 18.8. The molecule has 160 valence electrons. The molecule has 2 aliphatic rings. The van der Waals surface area contributed by atoms with Gasteiger partial charge in [-0.2, -0.15) is 0 Å². The van der Waals surface area contributed by atoms with Gasteiger partial charge in [0.25, 0.3) is 0 Å². The van der Waals surface area contributed by atoms with E-state index >= 15 is 0 Å². The van der Waals surface area contributed by atoms with E-state index in [2.05, 4.69) is 62.5 Å². The van der Waals surface area contributed by atoms with Crippen molar-refractivity contribution in [2.45, 2.75) is 25.5 Å². The highest BCUT2D eigenvalue weighted by Gasteiger charge is 2.20. The summed E-state index contributed by atoms with van der Waals surface area (Å²) in [5.41, 5.74) is 3.41. The van der Waals surface area contributed by atoms with Gasteiger partial charge in [0, 0.05) is 57.2 Å². The number of hydrogen-bond acceptors (Lipinski definition) is 5. The molecule has 2 aromatic rings. The van der Waals surface area contributed by atoms with Crippen LogP contribution in [0.15, 0.2) is 54.6 Å². The van der Waals surface area contributed by atoms with Gasteiger partial charge in [-0.3, -0.25) is 14.6 Å². The van der Waals surface area contributed by atoms with Gasteiger partial charge in [0.05, 0.1) is 12.6 Å². The molecule has 1 amide bonds. The minimum absolute atomic E-state index is 0.00802. The smallest absolute Gasteiger partial charge is 0.238 e. The van der Waals surface area contributed by atoms with Gasteiger partial charge in [-0.25, -0.2) is 0 Å². The average molecular weight is 409 g/mol. The predicted octanol–water partition coefficient (Wildman–Crippen LogP) is 2.40. The third-order valence-corrected chi connectivity index (χ3v) is 6.06. The topological polar surface area (TPSA) is 59.1 Å². The predicted molar refractivity (Wildman–Crippen MR) is 121 cm³/mol. The summed E-state index contributed by atoms with van der Waals surface area (Å²) in [6.45, 7) is 7.09. The molecule has 2 aliphatic heterocycles. The lowest BCUT2D eigenvalue weighted by atomic mass is 10.1. The van der Waals surface area contributed by atoms with E-state index < -0.39 is 0 Å². The zero-order valence-electron chi connectivity index (χ0n) is 17.5. The van der Waals surface area contributed by atoms with Gasteiger partial charge in [-0.05, 0) is 42.7 Å². The number of anilines is 2. The van der Waals surface area contributed by atoms with Crippen molar-refractivity contribution in [1.82, 2.24) is 9.80 Å². The van der Waals surface area contributed by atoms with Crippen LogP contribution in [0.5, 0.6) is 0 Å². The Kier molecular flexibility index (Phi) is 7.00. The molecule has 0 radical (unpaired) electrons. The number of rotatable bonds is 6. The molecule has 0 bridgehead atoms. The summed E-state index contributed by atoms with van der Waals surface area (Å²) in [5, 5.41) is 12.6. The molecular weight excluding hydrogens is 376 g/mol. The van der Waals surface area contributed by atoms with Crippen molar-refractivity contribution in [2.24, 2.45) is 0 Å². The van der Waals surface area contributed by atoms with Crippen LogP contribution < -0.4 is 10.2 Å². The van der Waals surface area contributed by atoms with Crippen LogP contribution in [-0.4, -0.2) is 72.7 Å². The van der Waals surface area contributed by atoms with Crippen molar-refractivity contribution >= 4 is 17.3 Å². The Morgan fingerprint density at radius 2 is 1.53 bits per heavy atom. The number of hydrogen-bond donors (Lipinski definition) is 2. The van der Waals surface area contributed by atoms with Crippen molar-refractivity contribution < 1.29 is 9.90 Å². The summed E-state index contributed by atoms with van der Waals surface area (Å²) in [6.07, 6.45) is 1.29. The number of piperazine rings is 1. The first-order chi connectivity index (χ1) is 14.7. The molecule has 0 atom stereocenters. The maximum Gasteiger partial charge on any atom is 0.238 e. The lowest BCUT2D eigenvalue weighted by molar-refractivity contribution is -0.117. The zero-order valence-corrected chi connectivity index (χ0v) is 17.5. The Balaban J connectivity index is 1.22. The second-order valence-electron chi connectivity index (χ2n) is 8.35. The van der Waals surface area contributed by atoms with Crippen LogP contribution in [0, 0.1) is 0 Å². The summed E-state index contributed by atoms with van der Waals surface area (Å²) in [4.78, 5) is 19.3. The normalized spacial score (nSPS) is 19.0. The first-order valence-corrected chi connectivity index (χ1v) is 11.0. The van der Waals surface area contributed by atoms with E-state index in [4.69, 9.17) is 0 Å². The van der Waals surface area contributed by atoms with Gasteiger partial charge in [0.2, 0.25) is 5.91 Å². The molecule has 6 nitrogen and oxygen atoms in total. The average Bonchev–Trinajstić information content (AvgIpc) is 2.77. The molecule has 2 saturated heterocycles. The number of piperidine rings is 1. The molecule has 0 aromatic heterocycles. The number of aliphatic hydroxyl groups is 1. The number of nitrogens with zero attached hydrogens (tertiary/aromatic N) is 3. The van der Waals surface area contributed by atoms with Crippen LogP contribution in [0.3, 0.4) is 0 Å². The number of nitrogens with one attached hydrogen (secondary N) is 1. The highest BCUT2D eigenvalue weighted by atomic mass is 16.3. The third kappa shape index (κ3) is 5.81. The first-order valence-electron chi connectivity index (χ1n) is 11.0. The molecule has 2 N–H and O–H groups in total. The zero-order chi connectivity index (χ0) is 20.8. The van der Waals surface area contributed by atoms with Crippen LogP contribution in [0.4, 0.5) is 11.4 Å². The van der Waals surface area contributed by atoms with Crippen molar-refractivity contribution in [3.8, 4) is 0 Å². The van der Waals surface area contributed by atoms with Crippen molar-refractivity contribution in [2.75, 3.05) is 56.0 Å². The van der Waals surface area contributed by atoms with Crippen molar-refractivity contribution in [1.29, 1.82) is 0 Å². The highest BCUT2D eigenvalue weighted by molar-refractivity contribution is 5.92. The van der Waals surface area contributed by atoms with Crippen LogP contribution in [0.2, 0.25) is 0 Å². The largest absolute Gasteiger partial charge is 0.393 e. The van der Waals surface area contributed by atoms with Gasteiger partial charge in [-0.15, -0.1) is 0 Å². The summed E-state index contributed by atoms with van der Waals surface area (Å²) >= 11 is 0. The summed E-state index contributed by atoms with van der Waals surface area (Å²) < 4.78 is 0. The Hall–Kier alpha value is -2.41.